The number of amides is 3. The monoisotopic (exact) mass is 793 g/mol. The van der Waals surface area contributed by atoms with Crippen LogP contribution in [0, 0.1) is 28.5 Å². The van der Waals surface area contributed by atoms with Gasteiger partial charge in [0.1, 0.15) is 17.9 Å². The Morgan fingerprint density at radius 1 is 0.930 bits per heavy atom. The van der Waals surface area contributed by atoms with Crippen molar-refractivity contribution in [3.8, 4) is 6.07 Å². The van der Waals surface area contributed by atoms with Crippen LogP contribution < -0.4 is 20.4 Å². The van der Waals surface area contributed by atoms with E-state index in [9.17, 15) is 19.6 Å². The number of anilines is 3. The molecule has 10 nitrogen and oxygen atoms in total. The molecule has 0 radical (unpaired) electrons. The second-order valence-electron chi connectivity index (χ2n) is 17.2. The maximum atomic E-state index is 15.2. The van der Waals surface area contributed by atoms with Gasteiger partial charge in [-0.15, -0.1) is 0 Å². The molecular formula is C45H53ClFN7O3. The highest BCUT2D eigenvalue weighted by molar-refractivity contribution is 6.32. The molecule has 5 heterocycles. The number of nitrogens with zero attached hydrogens (tertiary/aromatic N) is 5. The molecule has 3 aromatic carbocycles. The number of benzene rings is 3. The summed E-state index contributed by atoms with van der Waals surface area (Å²) in [4.78, 5) is 46.5. The van der Waals surface area contributed by atoms with Crippen LogP contribution in [0.2, 0.25) is 5.02 Å². The Labute approximate surface area is 340 Å². The number of carbonyl (C=O) groups excluding carboxylic acids is 3. The summed E-state index contributed by atoms with van der Waals surface area (Å²) in [5.74, 6) is -0.0742. The third-order valence-electron chi connectivity index (χ3n) is 13.5. The van der Waals surface area contributed by atoms with Crippen LogP contribution in [0.4, 0.5) is 21.5 Å². The zero-order valence-electron chi connectivity index (χ0n) is 32.8. The van der Waals surface area contributed by atoms with Crippen LogP contribution in [0.25, 0.3) is 0 Å². The van der Waals surface area contributed by atoms with Gasteiger partial charge >= 0.3 is 0 Å². The average Bonchev–Trinajstić information content (AvgIpc) is 3.54. The average molecular weight is 794 g/mol. The molecule has 0 aromatic heterocycles. The molecule has 3 amide bonds. The number of nitrogens with one attached hydrogen (secondary N) is 2. The van der Waals surface area contributed by atoms with Crippen molar-refractivity contribution in [2.24, 2.45) is 11.3 Å². The zero-order chi connectivity index (χ0) is 39.7. The SMILES string of the molecule is C[C@H]1CC2(CCN(c3ccc(C(=O)N4CCC(CN5CCC(c6ccc(NC7CCC(=O)NC7=O)cc6F)CC5)CC4)cc3)CC2)CN1c1ccc(C#N)c(Cl)c1. The van der Waals surface area contributed by atoms with Gasteiger partial charge in [-0.3, -0.25) is 19.7 Å². The predicted octanol–water partition coefficient (Wildman–Crippen LogP) is 7.19. The minimum Gasteiger partial charge on any atom is -0.374 e. The van der Waals surface area contributed by atoms with Crippen LogP contribution in [0.1, 0.15) is 92.1 Å². The second-order valence-corrected chi connectivity index (χ2v) is 17.6. The quantitative estimate of drug-likeness (QED) is 0.231. The van der Waals surface area contributed by atoms with Crippen molar-refractivity contribution >= 4 is 46.4 Å². The lowest BCUT2D eigenvalue weighted by Gasteiger charge is -2.40. The van der Waals surface area contributed by atoms with Gasteiger partial charge in [0.05, 0.1) is 10.6 Å². The van der Waals surface area contributed by atoms with Gasteiger partial charge in [0, 0.05) is 74.4 Å². The highest BCUT2D eigenvalue weighted by atomic mass is 35.5. The highest BCUT2D eigenvalue weighted by Gasteiger charge is 2.44. The van der Waals surface area contributed by atoms with Crippen LogP contribution in [0.15, 0.2) is 60.7 Å². The first-order chi connectivity index (χ1) is 27.6. The largest absolute Gasteiger partial charge is 0.374 e. The fourth-order valence-electron chi connectivity index (χ4n) is 10.1. The number of hydrogen-bond acceptors (Lipinski definition) is 8. The molecule has 0 saturated carbocycles. The van der Waals surface area contributed by atoms with Crippen LogP contribution in [0.5, 0.6) is 0 Å². The summed E-state index contributed by atoms with van der Waals surface area (Å²) in [5, 5.41) is 15.2. The fraction of sp³-hybridized carbons (Fsp3) is 0.511. The number of likely N-dealkylation sites (tertiary alicyclic amines) is 2. The molecule has 8 rings (SSSR count). The summed E-state index contributed by atoms with van der Waals surface area (Å²) in [6, 6.07) is 21.2. The van der Waals surface area contributed by atoms with Crippen molar-refractivity contribution in [3.05, 3.63) is 88.2 Å². The van der Waals surface area contributed by atoms with Gasteiger partial charge in [-0.05, 0) is 149 Å². The van der Waals surface area contributed by atoms with Gasteiger partial charge in [0.2, 0.25) is 11.8 Å². The Bertz CT molecular complexity index is 2010. The standard InChI is InChI=1S/C45H53ClFN7O3/c1-30-26-45(29-54(30)37-8-4-34(27-48)39(46)25-37)16-22-52(23-17-45)36-6-2-33(3-7-36)44(57)53-20-12-31(13-21-53)28-51-18-14-32(15-19-51)38-9-5-35(24-40(38)47)49-41-10-11-42(55)50-43(41)56/h2-9,24-25,30-32,41,49H,10-23,26,28-29H2,1H3,(H,50,55,56)/t30-,41?/m0/s1. The smallest absolute Gasteiger partial charge is 0.253 e. The van der Waals surface area contributed by atoms with Gasteiger partial charge in [0.25, 0.3) is 5.91 Å². The van der Waals surface area contributed by atoms with Crippen LogP contribution in [-0.2, 0) is 9.59 Å². The van der Waals surface area contributed by atoms with Crippen molar-refractivity contribution in [2.45, 2.75) is 82.7 Å². The number of hydrogen-bond donors (Lipinski definition) is 2. The summed E-state index contributed by atoms with van der Waals surface area (Å²) in [5.41, 5.74) is 5.08. The van der Waals surface area contributed by atoms with Crippen molar-refractivity contribution in [2.75, 3.05) is 67.5 Å². The number of halogens is 2. The molecule has 5 aliphatic heterocycles. The first kappa shape index (κ1) is 39.2. The lowest BCUT2D eigenvalue weighted by Crippen LogP contribution is -2.47. The predicted molar refractivity (Wildman–Crippen MR) is 221 cm³/mol. The third-order valence-corrected chi connectivity index (χ3v) is 13.8. The fourth-order valence-corrected chi connectivity index (χ4v) is 10.3. The summed E-state index contributed by atoms with van der Waals surface area (Å²) in [6.07, 6.45) is 7.83. The number of rotatable bonds is 8. The van der Waals surface area contributed by atoms with Crippen LogP contribution in [0.3, 0.4) is 0 Å². The van der Waals surface area contributed by atoms with Crippen molar-refractivity contribution in [3.63, 3.8) is 0 Å². The summed E-state index contributed by atoms with van der Waals surface area (Å²) in [6.45, 7) is 9.67. The third kappa shape index (κ3) is 8.63. The molecule has 300 valence electrons. The Morgan fingerprint density at radius 3 is 2.32 bits per heavy atom. The molecule has 1 spiro atoms. The van der Waals surface area contributed by atoms with Crippen molar-refractivity contribution in [1.82, 2.24) is 15.1 Å². The van der Waals surface area contributed by atoms with Gasteiger partial charge in [-0.2, -0.15) is 5.26 Å². The topological polar surface area (TPSA) is 112 Å². The summed E-state index contributed by atoms with van der Waals surface area (Å²) >= 11 is 6.38. The maximum Gasteiger partial charge on any atom is 0.253 e. The first-order valence-electron chi connectivity index (χ1n) is 20.8. The lowest BCUT2D eigenvalue weighted by molar-refractivity contribution is -0.133. The van der Waals surface area contributed by atoms with E-state index in [4.69, 9.17) is 11.6 Å². The molecule has 0 aliphatic carbocycles. The van der Waals surface area contributed by atoms with E-state index in [1.807, 2.05) is 47.4 Å². The van der Waals surface area contributed by atoms with Gasteiger partial charge in [-0.1, -0.05) is 17.7 Å². The Balaban J connectivity index is 0.760. The maximum absolute atomic E-state index is 15.2. The van der Waals surface area contributed by atoms with Crippen LogP contribution in [-0.4, -0.2) is 92.0 Å². The van der Waals surface area contributed by atoms with Crippen LogP contribution >= 0.6 is 11.6 Å². The molecule has 3 aromatic rings. The molecule has 5 saturated heterocycles. The number of piperidine rings is 4. The summed E-state index contributed by atoms with van der Waals surface area (Å²) < 4.78 is 15.2. The first-order valence-corrected chi connectivity index (χ1v) is 21.2. The van der Waals surface area contributed by atoms with E-state index in [1.54, 1.807) is 0 Å². The normalized spacial score (nSPS) is 23.4. The minimum absolute atomic E-state index is 0.113. The zero-order valence-corrected chi connectivity index (χ0v) is 33.6. The molecule has 2 N–H and O–H groups in total. The van der Waals surface area contributed by atoms with E-state index in [1.165, 1.54) is 11.8 Å². The molecule has 1 unspecified atom stereocenters. The van der Waals surface area contributed by atoms with Crippen molar-refractivity contribution in [1.29, 1.82) is 5.26 Å². The Hall–Kier alpha value is -4.66. The highest BCUT2D eigenvalue weighted by Crippen LogP contribution is 2.46. The second kappa shape index (κ2) is 16.7. The summed E-state index contributed by atoms with van der Waals surface area (Å²) in [7, 11) is 0. The molecule has 0 bridgehead atoms. The Morgan fingerprint density at radius 2 is 1.65 bits per heavy atom. The molecule has 5 fully saturated rings. The number of carbonyl (C=O) groups is 3. The van der Waals surface area contributed by atoms with E-state index in [0.717, 1.165) is 114 Å². The number of imide groups is 1. The van der Waals surface area contributed by atoms with E-state index in [-0.39, 0.29) is 41.3 Å². The molecule has 5 aliphatic rings. The lowest BCUT2D eigenvalue weighted by atomic mass is 9.76. The molecule has 12 heteroatoms. The molecule has 57 heavy (non-hydrogen) atoms. The van der Waals surface area contributed by atoms with E-state index in [0.29, 0.717) is 34.7 Å². The molecule has 2 atom stereocenters. The van der Waals surface area contributed by atoms with Gasteiger partial charge in [0.15, 0.2) is 0 Å². The van der Waals surface area contributed by atoms with Gasteiger partial charge in [-0.25, -0.2) is 4.39 Å². The van der Waals surface area contributed by atoms with E-state index >= 15 is 4.39 Å². The molecular weight excluding hydrogens is 741 g/mol. The van der Waals surface area contributed by atoms with Crippen molar-refractivity contribution < 1.29 is 18.8 Å². The minimum atomic E-state index is -0.536. The number of nitriles is 1. The van der Waals surface area contributed by atoms with Gasteiger partial charge < -0.3 is 24.9 Å². The Kier molecular flexibility index (Phi) is 11.5. The van der Waals surface area contributed by atoms with E-state index < -0.39 is 6.04 Å². The van der Waals surface area contributed by atoms with E-state index in [2.05, 4.69) is 50.5 Å².